The number of nitrogens with zero attached hydrogens (tertiary/aromatic N) is 1. The van der Waals surface area contributed by atoms with Gasteiger partial charge in [-0.05, 0) is 45.0 Å². The Morgan fingerprint density at radius 3 is 2.29 bits per heavy atom. The lowest BCUT2D eigenvalue weighted by Gasteiger charge is -2.29. The molecule has 1 N–H and O–H groups in total. The van der Waals surface area contributed by atoms with E-state index < -0.39 is 6.04 Å². The molecule has 0 saturated heterocycles. The third-order valence-electron chi connectivity index (χ3n) is 4.29. The number of nitrogens with one attached hydrogen (secondary N) is 1. The van der Waals surface area contributed by atoms with E-state index in [0.717, 1.165) is 10.5 Å². The van der Waals surface area contributed by atoms with Gasteiger partial charge in [0.2, 0.25) is 11.8 Å². The fourth-order valence-corrected chi connectivity index (χ4v) is 3.92. The maximum absolute atomic E-state index is 13.0. The summed E-state index contributed by atoms with van der Waals surface area (Å²) in [5, 5.41) is 3.71. The summed E-state index contributed by atoms with van der Waals surface area (Å²) in [6.45, 7) is 6.24. The van der Waals surface area contributed by atoms with Gasteiger partial charge in [-0.25, -0.2) is 0 Å². The minimum Gasteiger partial charge on any atom is -0.355 e. The van der Waals surface area contributed by atoms with Crippen LogP contribution in [0.4, 0.5) is 0 Å². The van der Waals surface area contributed by atoms with E-state index in [-0.39, 0.29) is 24.1 Å². The second-order valence-electron chi connectivity index (χ2n) is 6.39. The van der Waals surface area contributed by atoms with Gasteiger partial charge in [0.25, 0.3) is 0 Å². The summed E-state index contributed by atoms with van der Waals surface area (Å²) < 4.78 is 0. The standard InChI is InChI=1S/C21H24Cl2N2O2S/c1-4-24-21(27)15(3)25(12-17-18(22)6-5-7-19(17)23)20(26)13-28-16-10-8-14(2)9-11-16/h5-11,15H,4,12-13H2,1-3H3,(H,24,27)/t15-/m0/s1. The molecular weight excluding hydrogens is 415 g/mol. The van der Waals surface area contributed by atoms with Crippen molar-refractivity contribution in [3.63, 3.8) is 0 Å². The van der Waals surface area contributed by atoms with Gasteiger partial charge in [0.05, 0.1) is 5.75 Å². The number of carbonyl (C=O) groups excluding carboxylic acids is 2. The molecule has 0 unspecified atom stereocenters. The number of benzene rings is 2. The average molecular weight is 439 g/mol. The van der Waals surface area contributed by atoms with Crippen LogP contribution in [0.1, 0.15) is 25.0 Å². The molecule has 2 aromatic carbocycles. The molecule has 2 amide bonds. The summed E-state index contributed by atoms with van der Waals surface area (Å²) in [6.07, 6.45) is 0. The van der Waals surface area contributed by atoms with Crippen molar-refractivity contribution in [1.82, 2.24) is 10.2 Å². The topological polar surface area (TPSA) is 49.4 Å². The van der Waals surface area contributed by atoms with Crippen molar-refractivity contribution in [2.45, 2.75) is 38.3 Å². The van der Waals surface area contributed by atoms with Gasteiger partial charge in [0, 0.05) is 33.6 Å². The molecule has 2 rings (SSSR count). The molecule has 28 heavy (non-hydrogen) atoms. The molecule has 4 nitrogen and oxygen atoms in total. The van der Waals surface area contributed by atoms with Crippen molar-refractivity contribution in [2.75, 3.05) is 12.3 Å². The molecule has 1 atom stereocenters. The quantitative estimate of drug-likeness (QED) is 0.593. The maximum atomic E-state index is 13.0. The SMILES string of the molecule is CCNC(=O)[C@H](C)N(Cc1c(Cl)cccc1Cl)C(=O)CSc1ccc(C)cc1. The van der Waals surface area contributed by atoms with Gasteiger partial charge in [-0.2, -0.15) is 0 Å². The molecule has 150 valence electrons. The lowest BCUT2D eigenvalue weighted by Crippen LogP contribution is -2.48. The zero-order valence-electron chi connectivity index (χ0n) is 16.2. The number of likely N-dealkylation sites (N-methyl/N-ethyl adjacent to an activating group) is 1. The van der Waals surface area contributed by atoms with E-state index in [0.29, 0.717) is 22.2 Å². The smallest absolute Gasteiger partial charge is 0.242 e. The van der Waals surface area contributed by atoms with Crippen LogP contribution in [0.15, 0.2) is 47.4 Å². The number of hydrogen-bond donors (Lipinski definition) is 1. The second-order valence-corrected chi connectivity index (χ2v) is 8.26. The highest BCUT2D eigenvalue weighted by Crippen LogP contribution is 2.27. The van der Waals surface area contributed by atoms with E-state index in [1.54, 1.807) is 25.1 Å². The van der Waals surface area contributed by atoms with Crippen LogP contribution >= 0.6 is 35.0 Å². The molecule has 0 radical (unpaired) electrons. The van der Waals surface area contributed by atoms with Crippen molar-refractivity contribution in [3.8, 4) is 0 Å². The normalized spacial score (nSPS) is 11.8. The Bertz CT molecular complexity index is 807. The van der Waals surface area contributed by atoms with Gasteiger partial charge in [-0.3, -0.25) is 9.59 Å². The molecule has 0 aliphatic heterocycles. The van der Waals surface area contributed by atoms with Crippen LogP contribution < -0.4 is 5.32 Å². The number of amides is 2. The van der Waals surface area contributed by atoms with Crippen LogP contribution in [0.3, 0.4) is 0 Å². The maximum Gasteiger partial charge on any atom is 0.242 e. The Labute approximate surface area is 180 Å². The molecule has 0 aliphatic carbocycles. The molecule has 0 saturated carbocycles. The Morgan fingerprint density at radius 1 is 1.11 bits per heavy atom. The number of rotatable bonds is 8. The van der Waals surface area contributed by atoms with E-state index in [1.165, 1.54) is 16.7 Å². The van der Waals surface area contributed by atoms with Gasteiger partial charge in [0.15, 0.2) is 0 Å². The summed E-state index contributed by atoms with van der Waals surface area (Å²) >= 11 is 14.0. The molecule has 0 fully saturated rings. The molecule has 0 bridgehead atoms. The van der Waals surface area contributed by atoms with Crippen LogP contribution in [0.2, 0.25) is 10.0 Å². The summed E-state index contributed by atoms with van der Waals surface area (Å²) in [7, 11) is 0. The van der Waals surface area contributed by atoms with Gasteiger partial charge >= 0.3 is 0 Å². The van der Waals surface area contributed by atoms with Crippen molar-refractivity contribution in [1.29, 1.82) is 0 Å². The van der Waals surface area contributed by atoms with E-state index in [1.807, 2.05) is 38.1 Å². The predicted molar refractivity (Wildman–Crippen MR) is 117 cm³/mol. The number of halogens is 2. The Hall–Kier alpha value is -1.69. The highest BCUT2D eigenvalue weighted by Gasteiger charge is 2.27. The fraction of sp³-hybridized carbons (Fsp3) is 0.333. The average Bonchev–Trinajstić information content (AvgIpc) is 2.67. The molecule has 0 aromatic heterocycles. The second kappa shape index (κ2) is 10.7. The Kier molecular flexibility index (Phi) is 8.67. The number of aryl methyl sites for hydroxylation is 1. The van der Waals surface area contributed by atoms with Crippen molar-refractivity contribution >= 4 is 46.8 Å². The zero-order chi connectivity index (χ0) is 20.7. The van der Waals surface area contributed by atoms with Crippen molar-refractivity contribution in [2.24, 2.45) is 0 Å². The van der Waals surface area contributed by atoms with Crippen molar-refractivity contribution in [3.05, 3.63) is 63.6 Å². The minimum absolute atomic E-state index is 0.152. The van der Waals surface area contributed by atoms with Gasteiger partial charge in [-0.1, -0.05) is 47.0 Å². The minimum atomic E-state index is -0.640. The van der Waals surface area contributed by atoms with Gasteiger partial charge in [0.1, 0.15) is 6.04 Å². The van der Waals surface area contributed by atoms with E-state index in [2.05, 4.69) is 5.32 Å². The monoisotopic (exact) mass is 438 g/mol. The number of carbonyl (C=O) groups is 2. The van der Waals surface area contributed by atoms with Crippen LogP contribution in [-0.2, 0) is 16.1 Å². The van der Waals surface area contributed by atoms with Crippen LogP contribution in [0.5, 0.6) is 0 Å². The summed E-state index contributed by atoms with van der Waals surface area (Å²) in [4.78, 5) is 27.9. The van der Waals surface area contributed by atoms with Crippen LogP contribution in [0, 0.1) is 6.92 Å². The lowest BCUT2D eigenvalue weighted by atomic mass is 10.1. The van der Waals surface area contributed by atoms with Gasteiger partial charge < -0.3 is 10.2 Å². The summed E-state index contributed by atoms with van der Waals surface area (Å²) in [6, 6.07) is 12.5. The molecular formula is C21H24Cl2N2O2S. The Morgan fingerprint density at radius 2 is 1.71 bits per heavy atom. The first-order chi connectivity index (χ1) is 13.3. The first-order valence-corrected chi connectivity index (χ1v) is 10.8. The first kappa shape index (κ1) is 22.6. The predicted octanol–water partition coefficient (Wildman–Crippen LogP) is 4.95. The largest absolute Gasteiger partial charge is 0.355 e. The third-order valence-corrected chi connectivity index (χ3v) is 6.00. The molecule has 0 heterocycles. The zero-order valence-corrected chi connectivity index (χ0v) is 18.5. The first-order valence-electron chi connectivity index (χ1n) is 9.03. The highest BCUT2D eigenvalue weighted by atomic mass is 35.5. The summed E-state index contributed by atoms with van der Waals surface area (Å²) in [5.41, 5.74) is 1.80. The molecule has 0 spiro atoms. The number of thioether (sulfide) groups is 1. The Balaban J connectivity index is 2.20. The third kappa shape index (κ3) is 6.16. The van der Waals surface area contributed by atoms with E-state index >= 15 is 0 Å². The summed E-state index contributed by atoms with van der Waals surface area (Å²) in [5.74, 6) is -0.144. The van der Waals surface area contributed by atoms with Gasteiger partial charge in [-0.15, -0.1) is 11.8 Å². The fourth-order valence-electron chi connectivity index (χ4n) is 2.62. The highest BCUT2D eigenvalue weighted by molar-refractivity contribution is 8.00. The van der Waals surface area contributed by atoms with E-state index in [9.17, 15) is 9.59 Å². The molecule has 2 aromatic rings. The van der Waals surface area contributed by atoms with Crippen LogP contribution in [-0.4, -0.2) is 35.1 Å². The van der Waals surface area contributed by atoms with Crippen LogP contribution in [0.25, 0.3) is 0 Å². The van der Waals surface area contributed by atoms with E-state index in [4.69, 9.17) is 23.2 Å². The lowest BCUT2D eigenvalue weighted by molar-refractivity contribution is -0.138. The number of hydrogen-bond acceptors (Lipinski definition) is 3. The van der Waals surface area contributed by atoms with Crippen molar-refractivity contribution < 1.29 is 9.59 Å². The molecule has 7 heteroatoms. The molecule has 0 aliphatic rings.